The van der Waals surface area contributed by atoms with Crippen LogP contribution in [-0.2, 0) is 17.9 Å². The average molecular weight is 430 g/mol. The first-order valence-corrected chi connectivity index (χ1v) is 11.1. The van der Waals surface area contributed by atoms with Crippen molar-refractivity contribution in [1.82, 2.24) is 9.80 Å². The van der Waals surface area contributed by atoms with Gasteiger partial charge in [-0.05, 0) is 43.2 Å². The quantitative estimate of drug-likeness (QED) is 0.503. The third kappa shape index (κ3) is 6.79. The first-order chi connectivity index (χ1) is 15.6. The van der Waals surface area contributed by atoms with Crippen molar-refractivity contribution in [3.63, 3.8) is 0 Å². The van der Waals surface area contributed by atoms with Gasteiger partial charge in [0.2, 0.25) is 5.91 Å². The number of amides is 2. The van der Waals surface area contributed by atoms with E-state index in [1.807, 2.05) is 56.3 Å². The summed E-state index contributed by atoms with van der Waals surface area (Å²) in [6.07, 6.45) is 0. The van der Waals surface area contributed by atoms with Crippen molar-refractivity contribution >= 4 is 17.5 Å². The molecule has 0 saturated carbocycles. The zero-order valence-electron chi connectivity index (χ0n) is 18.8. The van der Waals surface area contributed by atoms with Crippen LogP contribution in [0.25, 0.3) is 0 Å². The Morgan fingerprint density at radius 1 is 0.750 bits per heavy atom. The molecule has 0 radical (unpaired) electrons. The molecule has 3 aromatic carbocycles. The lowest BCUT2D eigenvalue weighted by atomic mass is 10.1. The van der Waals surface area contributed by atoms with E-state index >= 15 is 0 Å². The van der Waals surface area contributed by atoms with E-state index in [1.165, 1.54) is 0 Å². The summed E-state index contributed by atoms with van der Waals surface area (Å²) in [5, 5.41) is 2.96. The fourth-order valence-electron chi connectivity index (χ4n) is 3.68. The lowest BCUT2D eigenvalue weighted by Gasteiger charge is -2.22. The molecule has 2 amide bonds. The molecule has 0 unspecified atom stereocenters. The van der Waals surface area contributed by atoms with E-state index in [2.05, 4.69) is 34.5 Å². The Bertz CT molecular complexity index is 960. The van der Waals surface area contributed by atoms with Crippen molar-refractivity contribution < 1.29 is 9.59 Å². The Morgan fingerprint density at radius 2 is 1.31 bits per heavy atom. The average Bonchev–Trinajstić information content (AvgIpc) is 2.81. The molecule has 5 heteroatoms. The van der Waals surface area contributed by atoms with Crippen LogP contribution in [0.4, 0.5) is 5.69 Å². The lowest BCUT2D eigenvalue weighted by molar-refractivity contribution is -0.117. The van der Waals surface area contributed by atoms with Crippen molar-refractivity contribution in [2.45, 2.75) is 26.9 Å². The second-order valence-electron chi connectivity index (χ2n) is 7.72. The molecular weight excluding hydrogens is 398 g/mol. The summed E-state index contributed by atoms with van der Waals surface area (Å²) < 4.78 is 0. The van der Waals surface area contributed by atoms with Crippen LogP contribution in [0, 0.1) is 0 Å². The molecule has 32 heavy (non-hydrogen) atoms. The highest BCUT2D eigenvalue weighted by Gasteiger charge is 2.15. The van der Waals surface area contributed by atoms with E-state index in [4.69, 9.17) is 0 Å². The zero-order chi connectivity index (χ0) is 22.8. The molecule has 0 aliphatic rings. The number of carbonyl (C=O) groups excluding carboxylic acids is 2. The second-order valence-corrected chi connectivity index (χ2v) is 7.72. The molecule has 0 atom stereocenters. The first kappa shape index (κ1) is 23.2. The number of rotatable bonds is 10. The molecule has 166 valence electrons. The molecule has 0 aliphatic heterocycles. The van der Waals surface area contributed by atoms with Gasteiger partial charge >= 0.3 is 0 Å². The van der Waals surface area contributed by atoms with Crippen molar-refractivity contribution in [1.29, 1.82) is 0 Å². The predicted octanol–water partition coefficient (Wildman–Crippen LogP) is 4.81. The molecule has 0 spiro atoms. The minimum atomic E-state index is -0.107. The molecule has 3 rings (SSSR count). The summed E-state index contributed by atoms with van der Waals surface area (Å²) in [6, 6.07) is 27.4. The minimum absolute atomic E-state index is 0.0270. The molecule has 0 aliphatic carbocycles. The number of carbonyl (C=O) groups is 2. The predicted molar refractivity (Wildman–Crippen MR) is 129 cm³/mol. The van der Waals surface area contributed by atoms with E-state index in [0.29, 0.717) is 37.4 Å². The summed E-state index contributed by atoms with van der Waals surface area (Å²) >= 11 is 0. The standard InChI is InChI=1S/C27H31N3O2/c1-3-30(4-2)27(32)24-16-11-17-25(18-24)28-26(31)21-29(19-22-12-7-5-8-13-22)20-23-14-9-6-10-15-23/h5-18H,3-4,19-21H2,1-2H3,(H,28,31). The smallest absolute Gasteiger partial charge is 0.253 e. The highest BCUT2D eigenvalue weighted by molar-refractivity contribution is 5.97. The summed E-state index contributed by atoms with van der Waals surface area (Å²) in [5.41, 5.74) is 3.52. The number of benzene rings is 3. The van der Waals surface area contributed by atoms with E-state index in [1.54, 1.807) is 23.1 Å². The van der Waals surface area contributed by atoms with Gasteiger partial charge in [-0.1, -0.05) is 66.7 Å². The summed E-state index contributed by atoms with van der Waals surface area (Å²) in [4.78, 5) is 29.4. The van der Waals surface area contributed by atoms with Gasteiger partial charge < -0.3 is 10.2 Å². The summed E-state index contributed by atoms with van der Waals surface area (Å²) in [6.45, 7) is 6.81. The van der Waals surface area contributed by atoms with Crippen molar-refractivity contribution in [3.8, 4) is 0 Å². The molecule has 5 nitrogen and oxygen atoms in total. The molecular formula is C27H31N3O2. The Kier molecular flexibility index (Phi) is 8.58. The maximum Gasteiger partial charge on any atom is 0.253 e. The first-order valence-electron chi connectivity index (χ1n) is 11.1. The van der Waals surface area contributed by atoms with Gasteiger partial charge in [-0.3, -0.25) is 14.5 Å². The maximum absolute atomic E-state index is 12.9. The van der Waals surface area contributed by atoms with Crippen LogP contribution in [0.5, 0.6) is 0 Å². The maximum atomic E-state index is 12.9. The highest BCUT2D eigenvalue weighted by atomic mass is 16.2. The van der Waals surface area contributed by atoms with Gasteiger partial charge in [-0.15, -0.1) is 0 Å². The molecule has 3 aromatic rings. The van der Waals surface area contributed by atoms with Gasteiger partial charge in [0, 0.05) is 37.4 Å². The third-order valence-corrected chi connectivity index (χ3v) is 5.31. The Labute approximate surface area is 190 Å². The van der Waals surface area contributed by atoms with Gasteiger partial charge in [-0.2, -0.15) is 0 Å². The monoisotopic (exact) mass is 429 g/mol. The van der Waals surface area contributed by atoms with Crippen LogP contribution in [0.15, 0.2) is 84.9 Å². The van der Waals surface area contributed by atoms with E-state index in [-0.39, 0.29) is 18.4 Å². The summed E-state index contributed by atoms with van der Waals surface area (Å²) in [7, 11) is 0. The Morgan fingerprint density at radius 3 is 1.84 bits per heavy atom. The number of hydrogen-bond acceptors (Lipinski definition) is 3. The Hall–Kier alpha value is -3.44. The van der Waals surface area contributed by atoms with Crippen LogP contribution in [0.3, 0.4) is 0 Å². The van der Waals surface area contributed by atoms with Gasteiger partial charge in [0.05, 0.1) is 6.54 Å². The van der Waals surface area contributed by atoms with Crippen LogP contribution < -0.4 is 5.32 Å². The third-order valence-electron chi connectivity index (χ3n) is 5.31. The normalized spacial score (nSPS) is 10.7. The van der Waals surface area contributed by atoms with Gasteiger partial charge in [0.25, 0.3) is 5.91 Å². The van der Waals surface area contributed by atoms with Crippen LogP contribution in [-0.4, -0.2) is 41.2 Å². The van der Waals surface area contributed by atoms with Crippen molar-refractivity contribution in [3.05, 3.63) is 102 Å². The second kappa shape index (κ2) is 11.8. The molecule has 0 fully saturated rings. The van der Waals surface area contributed by atoms with Crippen molar-refractivity contribution in [2.75, 3.05) is 25.0 Å². The van der Waals surface area contributed by atoms with Crippen molar-refractivity contribution in [2.24, 2.45) is 0 Å². The molecule has 0 heterocycles. The fourth-order valence-corrected chi connectivity index (χ4v) is 3.68. The summed E-state index contributed by atoms with van der Waals surface area (Å²) in [5.74, 6) is -0.134. The largest absolute Gasteiger partial charge is 0.339 e. The molecule has 0 saturated heterocycles. The highest BCUT2D eigenvalue weighted by Crippen LogP contribution is 2.14. The van der Waals surface area contributed by atoms with E-state index < -0.39 is 0 Å². The number of nitrogens with zero attached hydrogens (tertiary/aromatic N) is 2. The van der Waals surface area contributed by atoms with Crippen LogP contribution in [0.1, 0.15) is 35.3 Å². The topological polar surface area (TPSA) is 52.7 Å². The van der Waals surface area contributed by atoms with E-state index in [0.717, 1.165) is 11.1 Å². The molecule has 0 aromatic heterocycles. The number of anilines is 1. The lowest BCUT2D eigenvalue weighted by Crippen LogP contribution is -2.33. The zero-order valence-corrected chi connectivity index (χ0v) is 18.8. The van der Waals surface area contributed by atoms with Gasteiger partial charge in [0.15, 0.2) is 0 Å². The van der Waals surface area contributed by atoms with Crippen LogP contribution >= 0.6 is 0 Å². The Balaban J connectivity index is 1.69. The minimum Gasteiger partial charge on any atom is -0.339 e. The van der Waals surface area contributed by atoms with Gasteiger partial charge in [-0.25, -0.2) is 0 Å². The number of nitrogens with one attached hydrogen (secondary N) is 1. The molecule has 0 bridgehead atoms. The number of hydrogen-bond donors (Lipinski definition) is 1. The molecule has 1 N–H and O–H groups in total. The fraction of sp³-hybridized carbons (Fsp3) is 0.259. The SMILES string of the molecule is CCN(CC)C(=O)c1cccc(NC(=O)CN(Cc2ccccc2)Cc2ccccc2)c1. The van der Waals surface area contributed by atoms with E-state index in [9.17, 15) is 9.59 Å². The van der Waals surface area contributed by atoms with Crippen LogP contribution in [0.2, 0.25) is 0 Å². The van der Waals surface area contributed by atoms with Gasteiger partial charge in [0.1, 0.15) is 0 Å².